The molecule has 0 radical (unpaired) electrons. The second-order valence-electron chi connectivity index (χ2n) is 14.0. The number of ether oxygens (including phenoxy) is 2. The zero-order chi connectivity index (χ0) is 36.9. The smallest absolute Gasteiger partial charge is 0.306 e. The van der Waals surface area contributed by atoms with Gasteiger partial charge in [0.2, 0.25) is 5.91 Å². The minimum Gasteiger partial charge on any atom is -0.481 e. The Morgan fingerprint density at radius 1 is 0.580 bits per heavy atom. The maximum Gasteiger partial charge on any atom is 0.306 e. The van der Waals surface area contributed by atoms with Crippen LogP contribution in [0, 0.1) is 0 Å². The summed E-state index contributed by atoms with van der Waals surface area (Å²) in [6.45, 7) is 5.05. The van der Waals surface area contributed by atoms with Gasteiger partial charge in [-0.2, -0.15) is 11.8 Å². The predicted molar refractivity (Wildman–Crippen MR) is 207 cm³/mol. The van der Waals surface area contributed by atoms with Crippen molar-refractivity contribution in [2.75, 3.05) is 24.7 Å². The van der Waals surface area contributed by atoms with Crippen molar-refractivity contribution in [3.8, 4) is 0 Å². The Morgan fingerprint density at radius 2 is 1.00 bits per heavy atom. The van der Waals surface area contributed by atoms with Gasteiger partial charge in [-0.15, -0.1) is 0 Å². The molecule has 0 fully saturated rings. The number of thioether (sulfide) groups is 1. The number of carboxylic acid groups (broad SMARTS) is 1. The molecular weight excluding hydrogens is 653 g/mol. The Bertz CT molecular complexity index is 830. The van der Waals surface area contributed by atoms with Crippen molar-refractivity contribution in [3.05, 3.63) is 0 Å². The Hall–Kier alpha value is -1.81. The molecule has 294 valence electrons. The van der Waals surface area contributed by atoms with Crippen molar-refractivity contribution in [3.63, 3.8) is 0 Å². The average molecular weight is 729 g/mol. The minimum absolute atomic E-state index is 0.0216. The quantitative estimate of drug-likeness (QED) is 0.0418. The fourth-order valence-electron chi connectivity index (χ4n) is 5.81. The van der Waals surface area contributed by atoms with Crippen molar-refractivity contribution >= 4 is 35.6 Å². The molecule has 2 atom stereocenters. The highest BCUT2D eigenvalue weighted by Crippen LogP contribution is 2.15. The molecule has 1 amide bonds. The zero-order valence-electron chi connectivity index (χ0n) is 32.2. The second-order valence-corrected chi connectivity index (χ2v) is 15.1. The summed E-state index contributed by atoms with van der Waals surface area (Å²) >= 11 is 1.44. The van der Waals surface area contributed by atoms with E-state index in [2.05, 4.69) is 19.2 Å². The van der Waals surface area contributed by atoms with Crippen LogP contribution in [0.1, 0.15) is 194 Å². The molecule has 9 nitrogen and oxygen atoms in total. The van der Waals surface area contributed by atoms with E-state index in [0.717, 1.165) is 83.5 Å². The normalized spacial score (nSPS) is 12.4. The molecule has 50 heavy (non-hydrogen) atoms. The van der Waals surface area contributed by atoms with Crippen LogP contribution in [0.15, 0.2) is 0 Å². The van der Waals surface area contributed by atoms with Gasteiger partial charge in [0.25, 0.3) is 0 Å². The van der Waals surface area contributed by atoms with Gasteiger partial charge in [0.15, 0.2) is 0 Å². The summed E-state index contributed by atoms with van der Waals surface area (Å²) < 4.78 is 11.3. The summed E-state index contributed by atoms with van der Waals surface area (Å²) in [7, 11) is 0. The first-order valence-electron chi connectivity index (χ1n) is 20.5. The molecule has 0 saturated carbocycles. The van der Waals surface area contributed by atoms with E-state index in [-0.39, 0.29) is 30.9 Å². The van der Waals surface area contributed by atoms with E-state index in [9.17, 15) is 19.2 Å². The maximum absolute atomic E-state index is 12.7. The molecule has 0 aliphatic rings. The third-order valence-electron chi connectivity index (χ3n) is 9.00. The molecule has 0 spiro atoms. The number of rotatable bonds is 38. The number of esters is 2. The molecule has 10 heteroatoms. The number of amides is 1. The molecule has 4 N–H and O–H groups in total. The summed E-state index contributed by atoms with van der Waals surface area (Å²) in [5.74, 6) is -0.677. The van der Waals surface area contributed by atoms with E-state index in [0.29, 0.717) is 30.9 Å². The van der Waals surface area contributed by atoms with E-state index < -0.39 is 18.1 Å². The first-order chi connectivity index (χ1) is 24.3. The Balaban J connectivity index is 4.42. The van der Waals surface area contributed by atoms with Crippen LogP contribution in [-0.4, -0.2) is 65.7 Å². The highest BCUT2D eigenvalue weighted by atomic mass is 32.2. The molecular formula is C40H76N2O7S. The van der Waals surface area contributed by atoms with Crippen molar-refractivity contribution in [1.82, 2.24) is 5.32 Å². The Kier molecular flexibility index (Phi) is 35.6. The number of hydrogen-bond donors (Lipinski definition) is 3. The fraction of sp³-hybridized carbons (Fsp3) is 0.900. The summed E-state index contributed by atoms with van der Waals surface area (Å²) in [6.07, 6.45) is 28.3. The van der Waals surface area contributed by atoms with E-state index in [4.69, 9.17) is 20.3 Å². The number of carboxylic acids is 1. The fourth-order valence-corrected chi connectivity index (χ4v) is 6.78. The molecule has 0 unspecified atom stereocenters. The molecule has 0 saturated heterocycles. The van der Waals surface area contributed by atoms with Crippen LogP contribution in [-0.2, 0) is 28.7 Å². The van der Waals surface area contributed by atoms with Gasteiger partial charge in [0.05, 0.1) is 6.04 Å². The monoisotopic (exact) mass is 729 g/mol. The van der Waals surface area contributed by atoms with Crippen molar-refractivity contribution in [1.29, 1.82) is 0 Å². The lowest BCUT2D eigenvalue weighted by Gasteiger charge is -2.19. The molecule has 0 aliphatic heterocycles. The molecule has 0 aromatic carbocycles. The van der Waals surface area contributed by atoms with Gasteiger partial charge >= 0.3 is 17.9 Å². The number of nitrogens with one attached hydrogen (secondary N) is 1. The van der Waals surface area contributed by atoms with Gasteiger partial charge in [-0.3, -0.25) is 19.2 Å². The molecule has 0 rings (SSSR count). The van der Waals surface area contributed by atoms with Gasteiger partial charge in [-0.25, -0.2) is 0 Å². The van der Waals surface area contributed by atoms with E-state index in [1.165, 1.54) is 88.8 Å². The van der Waals surface area contributed by atoms with E-state index in [1.54, 1.807) is 0 Å². The highest BCUT2D eigenvalue weighted by Gasteiger charge is 2.20. The maximum atomic E-state index is 12.7. The second kappa shape index (κ2) is 37.0. The number of nitrogens with two attached hydrogens (primary N) is 1. The van der Waals surface area contributed by atoms with Crippen molar-refractivity contribution in [2.45, 2.75) is 206 Å². The van der Waals surface area contributed by atoms with Gasteiger partial charge < -0.3 is 25.6 Å². The lowest BCUT2D eigenvalue weighted by molar-refractivity contribution is -0.157. The van der Waals surface area contributed by atoms with Gasteiger partial charge in [0.1, 0.15) is 12.7 Å². The summed E-state index contributed by atoms with van der Waals surface area (Å²) in [4.78, 5) is 48.2. The molecule has 0 heterocycles. The van der Waals surface area contributed by atoms with Crippen LogP contribution in [0.2, 0.25) is 0 Å². The lowest BCUT2D eigenvalue weighted by Crippen LogP contribution is -2.43. The SMILES string of the molecule is CCCCCCCCCCCC(=O)OC[C@H](CSC[C@H](N)C(=O)NCCCCCCCCCC(=O)O)OC(=O)CCCCCCCCCCC. The largest absolute Gasteiger partial charge is 0.481 e. The number of carbonyl (C=O) groups excluding carboxylic acids is 3. The molecule has 0 aromatic rings. The molecule has 0 bridgehead atoms. The first-order valence-corrected chi connectivity index (χ1v) is 21.6. The first kappa shape index (κ1) is 48.2. The third-order valence-corrected chi connectivity index (χ3v) is 10.2. The summed E-state index contributed by atoms with van der Waals surface area (Å²) in [6, 6.07) is -0.679. The van der Waals surface area contributed by atoms with Gasteiger partial charge in [-0.1, -0.05) is 149 Å². The topological polar surface area (TPSA) is 145 Å². The Morgan fingerprint density at radius 3 is 1.48 bits per heavy atom. The number of hydrogen-bond acceptors (Lipinski definition) is 8. The minimum atomic E-state index is -0.736. The van der Waals surface area contributed by atoms with Crippen LogP contribution < -0.4 is 11.1 Å². The van der Waals surface area contributed by atoms with Crippen molar-refractivity contribution in [2.24, 2.45) is 5.73 Å². The average Bonchev–Trinajstić information content (AvgIpc) is 3.09. The number of unbranched alkanes of at least 4 members (excludes halogenated alkanes) is 22. The lowest BCUT2D eigenvalue weighted by atomic mass is 10.1. The van der Waals surface area contributed by atoms with Crippen LogP contribution >= 0.6 is 11.8 Å². The highest BCUT2D eigenvalue weighted by molar-refractivity contribution is 7.99. The number of aliphatic carboxylic acids is 1. The van der Waals surface area contributed by atoms with Crippen LogP contribution in [0.4, 0.5) is 0 Å². The number of carbonyl (C=O) groups is 4. The standard InChI is InChI=1S/C40H76N2O7S/c1-3-5-7-9-11-13-17-21-25-29-38(45)48-32-35(49-39(46)30-26-22-18-14-12-10-8-6-4-2)33-50-34-36(41)40(47)42-31-27-23-19-15-16-20-24-28-37(43)44/h35-36H,3-34,41H2,1-2H3,(H,42,47)(H,43,44)/t35-,36+/m1/s1. The van der Waals surface area contributed by atoms with Gasteiger partial charge in [0, 0.05) is 37.3 Å². The zero-order valence-corrected chi connectivity index (χ0v) is 33.0. The molecule has 0 aliphatic carbocycles. The Labute approximate surface area is 310 Å². The van der Waals surface area contributed by atoms with E-state index >= 15 is 0 Å². The van der Waals surface area contributed by atoms with E-state index in [1.807, 2.05) is 0 Å². The molecule has 0 aromatic heterocycles. The van der Waals surface area contributed by atoms with Crippen LogP contribution in [0.3, 0.4) is 0 Å². The van der Waals surface area contributed by atoms with Gasteiger partial charge in [-0.05, 0) is 25.7 Å². The van der Waals surface area contributed by atoms with Crippen LogP contribution in [0.25, 0.3) is 0 Å². The van der Waals surface area contributed by atoms with Crippen LogP contribution in [0.5, 0.6) is 0 Å². The summed E-state index contributed by atoms with van der Waals surface area (Å²) in [5, 5.41) is 11.6. The summed E-state index contributed by atoms with van der Waals surface area (Å²) in [5.41, 5.74) is 6.15. The predicted octanol–water partition coefficient (Wildman–Crippen LogP) is 9.67. The third kappa shape index (κ3) is 34.6. The van der Waals surface area contributed by atoms with Crippen molar-refractivity contribution < 1.29 is 33.8 Å².